The van der Waals surface area contributed by atoms with Crippen molar-refractivity contribution >= 4 is 5.91 Å². The molecule has 0 heterocycles. The number of halogens is 3. The number of carbonyl (C=O) groups excluding carboxylic acids is 1. The SMILES string of the molecule is CC(C)N(C)C(=O)CN(C)Cc1ccc(OC(F)(F)F)cc1. The van der Waals surface area contributed by atoms with Crippen LogP contribution < -0.4 is 4.74 Å². The Morgan fingerprint density at radius 1 is 1.18 bits per heavy atom. The monoisotopic (exact) mass is 318 g/mol. The third-order valence-corrected chi connectivity index (χ3v) is 3.18. The average Bonchev–Trinajstić information content (AvgIpc) is 2.38. The van der Waals surface area contributed by atoms with Gasteiger partial charge in [0.15, 0.2) is 0 Å². The highest BCUT2D eigenvalue weighted by Crippen LogP contribution is 2.22. The molecule has 0 aliphatic heterocycles. The maximum Gasteiger partial charge on any atom is 0.573 e. The van der Waals surface area contributed by atoms with Crippen molar-refractivity contribution in [1.29, 1.82) is 0 Å². The van der Waals surface area contributed by atoms with E-state index in [-0.39, 0.29) is 24.2 Å². The summed E-state index contributed by atoms with van der Waals surface area (Å²) in [5.41, 5.74) is 0.803. The van der Waals surface area contributed by atoms with Gasteiger partial charge in [0.2, 0.25) is 5.91 Å². The standard InChI is InChI=1S/C15H21F3N2O2/c1-11(2)20(4)14(21)10-19(3)9-12-5-7-13(8-6-12)22-15(16,17)18/h5-8,11H,9-10H2,1-4H3. The fourth-order valence-corrected chi connectivity index (χ4v) is 1.79. The molecule has 0 atom stereocenters. The van der Waals surface area contributed by atoms with Gasteiger partial charge in [-0.3, -0.25) is 9.69 Å². The summed E-state index contributed by atoms with van der Waals surface area (Å²) >= 11 is 0. The summed E-state index contributed by atoms with van der Waals surface area (Å²) in [4.78, 5) is 15.4. The van der Waals surface area contributed by atoms with Crippen LogP contribution >= 0.6 is 0 Å². The third kappa shape index (κ3) is 6.34. The molecule has 0 saturated heterocycles. The van der Waals surface area contributed by atoms with Gasteiger partial charge in [-0.2, -0.15) is 0 Å². The summed E-state index contributed by atoms with van der Waals surface area (Å²) in [6, 6.07) is 5.75. The summed E-state index contributed by atoms with van der Waals surface area (Å²) in [6.45, 7) is 4.56. The molecule has 1 rings (SSSR count). The van der Waals surface area contributed by atoms with Crippen LogP contribution in [-0.4, -0.2) is 48.8 Å². The summed E-state index contributed by atoms with van der Waals surface area (Å²) in [5.74, 6) is -0.260. The lowest BCUT2D eigenvalue weighted by atomic mass is 10.2. The van der Waals surface area contributed by atoms with Gasteiger partial charge in [0, 0.05) is 19.6 Å². The maximum absolute atomic E-state index is 12.1. The fourth-order valence-electron chi connectivity index (χ4n) is 1.79. The van der Waals surface area contributed by atoms with Gasteiger partial charge in [-0.15, -0.1) is 13.2 Å². The summed E-state index contributed by atoms with van der Waals surface area (Å²) in [5, 5.41) is 0. The van der Waals surface area contributed by atoms with Crippen LogP contribution in [0.25, 0.3) is 0 Å². The van der Waals surface area contributed by atoms with E-state index in [1.54, 1.807) is 36.0 Å². The minimum Gasteiger partial charge on any atom is -0.406 e. The highest BCUT2D eigenvalue weighted by atomic mass is 19.4. The second-order valence-electron chi connectivity index (χ2n) is 5.46. The Bertz CT molecular complexity index is 487. The van der Waals surface area contributed by atoms with E-state index in [9.17, 15) is 18.0 Å². The number of carbonyl (C=O) groups is 1. The highest BCUT2D eigenvalue weighted by Gasteiger charge is 2.30. The first-order chi connectivity index (χ1) is 10.1. The average molecular weight is 318 g/mol. The number of alkyl halides is 3. The molecular formula is C15H21F3N2O2. The number of rotatable bonds is 6. The van der Waals surface area contributed by atoms with E-state index in [1.807, 2.05) is 13.8 Å². The molecule has 0 bridgehead atoms. The van der Waals surface area contributed by atoms with E-state index in [0.29, 0.717) is 6.54 Å². The smallest absolute Gasteiger partial charge is 0.406 e. The Morgan fingerprint density at radius 2 is 1.73 bits per heavy atom. The van der Waals surface area contributed by atoms with Gasteiger partial charge in [-0.1, -0.05) is 12.1 Å². The molecule has 0 unspecified atom stereocenters. The lowest BCUT2D eigenvalue weighted by Gasteiger charge is -2.24. The van der Waals surface area contributed by atoms with E-state index in [1.165, 1.54) is 12.1 Å². The summed E-state index contributed by atoms with van der Waals surface area (Å²) in [6.07, 6.45) is -4.69. The van der Waals surface area contributed by atoms with Gasteiger partial charge >= 0.3 is 6.36 Å². The van der Waals surface area contributed by atoms with Gasteiger partial charge < -0.3 is 9.64 Å². The van der Waals surface area contributed by atoms with Gasteiger partial charge in [-0.05, 0) is 38.6 Å². The van der Waals surface area contributed by atoms with Crippen LogP contribution in [0.5, 0.6) is 5.75 Å². The van der Waals surface area contributed by atoms with Gasteiger partial charge in [0.1, 0.15) is 5.75 Å². The molecule has 0 aliphatic rings. The first-order valence-electron chi connectivity index (χ1n) is 6.87. The molecule has 7 heteroatoms. The van der Waals surface area contributed by atoms with E-state index in [4.69, 9.17) is 0 Å². The predicted octanol–water partition coefficient (Wildman–Crippen LogP) is 2.88. The van der Waals surface area contributed by atoms with Crippen molar-refractivity contribution in [3.05, 3.63) is 29.8 Å². The van der Waals surface area contributed by atoms with E-state index in [0.717, 1.165) is 5.56 Å². The molecule has 0 fully saturated rings. The van der Waals surface area contributed by atoms with E-state index >= 15 is 0 Å². The number of nitrogens with zero attached hydrogens (tertiary/aromatic N) is 2. The molecule has 1 aromatic carbocycles. The van der Waals surface area contributed by atoms with Gasteiger partial charge in [0.25, 0.3) is 0 Å². The lowest BCUT2D eigenvalue weighted by molar-refractivity contribution is -0.274. The predicted molar refractivity (Wildman–Crippen MR) is 77.4 cm³/mol. The lowest BCUT2D eigenvalue weighted by Crippen LogP contribution is -2.39. The minimum absolute atomic E-state index is 0.00507. The van der Waals surface area contributed by atoms with Crippen molar-refractivity contribution in [1.82, 2.24) is 9.80 Å². The maximum atomic E-state index is 12.1. The first kappa shape index (κ1) is 18.3. The zero-order valence-electron chi connectivity index (χ0n) is 13.1. The Balaban J connectivity index is 2.55. The Kier molecular flexibility index (Phi) is 6.22. The van der Waals surface area contributed by atoms with Crippen molar-refractivity contribution in [2.24, 2.45) is 0 Å². The zero-order chi connectivity index (χ0) is 16.9. The Morgan fingerprint density at radius 3 is 2.18 bits per heavy atom. The molecule has 0 radical (unpaired) electrons. The number of likely N-dealkylation sites (N-methyl/N-ethyl adjacent to an activating group) is 2. The van der Waals surface area contributed by atoms with Crippen LogP contribution in [0.1, 0.15) is 19.4 Å². The second-order valence-corrected chi connectivity index (χ2v) is 5.46. The van der Waals surface area contributed by atoms with E-state index < -0.39 is 6.36 Å². The van der Waals surface area contributed by atoms with Crippen LogP contribution in [0.2, 0.25) is 0 Å². The molecule has 22 heavy (non-hydrogen) atoms. The van der Waals surface area contributed by atoms with Crippen molar-refractivity contribution in [2.75, 3.05) is 20.6 Å². The highest BCUT2D eigenvalue weighted by molar-refractivity contribution is 5.78. The van der Waals surface area contributed by atoms with Gasteiger partial charge in [0.05, 0.1) is 6.54 Å². The Hall–Kier alpha value is -1.76. The fraction of sp³-hybridized carbons (Fsp3) is 0.533. The molecule has 0 saturated carbocycles. The number of hydrogen-bond acceptors (Lipinski definition) is 3. The van der Waals surface area contributed by atoms with Crippen molar-refractivity contribution < 1.29 is 22.7 Å². The second kappa shape index (κ2) is 7.49. The number of benzene rings is 1. The normalized spacial score (nSPS) is 11.9. The van der Waals surface area contributed by atoms with Crippen molar-refractivity contribution in [3.63, 3.8) is 0 Å². The quantitative estimate of drug-likeness (QED) is 0.808. The van der Waals surface area contributed by atoms with E-state index in [2.05, 4.69) is 4.74 Å². The van der Waals surface area contributed by atoms with Crippen LogP contribution in [0.3, 0.4) is 0 Å². The topological polar surface area (TPSA) is 32.8 Å². The van der Waals surface area contributed by atoms with Gasteiger partial charge in [-0.25, -0.2) is 0 Å². The summed E-state index contributed by atoms with van der Waals surface area (Å²) < 4.78 is 40.0. The van der Waals surface area contributed by atoms with Crippen LogP contribution in [0.4, 0.5) is 13.2 Å². The molecule has 4 nitrogen and oxygen atoms in total. The Labute approximate surface area is 128 Å². The van der Waals surface area contributed by atoms with Crippen molar-refractivity contribution in [2.45, 2.75) is 32.8 Å². The number of ether oxygens (including phenoxy) is 1. The number of hydrogen-bond donors (Lipinski definition) is 0. The molecule has 0 spiro atoms. The molecule has 0 N–H and O–H groups in total. The summed E-state index contributed by atoms with van der Waals surface area (Å²) in [7, 11) is 3.52. The molecule has 1 aromatic rings. The van der Waals surface area contributed by atoms with Crippen molar-refractivity contribution in [3.8, 4) is 5.75 Å². The zero-order valence-corrected chi connectivity index (χ0v) is 13.1. The molecule has 0 aliphatic carbocycles. The van der Waals surface area contributed by atoms with Crippen LogP contribution in [0, 0.1) is 0 Å². The minimum atomic E-state index is -4.69. The molecule has 0 aromatic heterocycles. The number of amides is 1. The third-order valence-electron chi connectivity index (χ3n) is 3.18. The molecule has 1 amide bonds. The largest absolute Gasteiger partial charge is 0.573 e. The first-order valence-corrected chi connectivity index (χ1v) is 6.87. The van der Waals surface area contributed by atoms with Crippen LogP contribution in [-0.2, 0) is 11.3 Å². The molecule has 124 valence electrons. The van der Waals surface area contributed by atoms with Crippen LogP contribution in [0.15, 0.2) is 24.3 Å². The molecular weight excluding hydrogens is 297 g/mol.